The van der Waals surface area contributed by atoms with Crippen molar-refractivity contribution in [2.75, 3.05) is 5.73 Å². The van der Waals surface area contributed by atoms with E-state index in [4.69, 9.17) is 22.1 Å². The molecule has 0 bridgehead atoms. The number of nitrogens with two attached hydrogens (primary N) is 1. The zero-order chi connectivity index (χ0) is 13.3. The molecular formula is C11H6BrClF2N2O. The van der Waals surface area contributed by atoms with E-state index < -0.39 is 11.6 Å². The third kappa shape index (κ3) is 2.70. The van der Waals surface area contributed by atoms with Crippen molar-refractivity contribution in [1.29, 1.82) is 0 Å². The van der Waals surface area contributed by atoms with E-state index in [1.807, 2.05) is 0 Å². The number of pyridine rings is 1. The van der Waals surface area contributed by atoms with Gasteiger partial charge in [0.05, 0.1) is 15.2 Å². The molecule has 94 valence electrons. The number of ether oxygens (including phenoxy) is 1. The molecule has 1 heterocycles. The molecule has 0 saturated carbocycles. The van der Waals surface area contributed by atoms with Crippen molar-refractivity contribution in [1.82, 2.24) is 4.98 Å². The van der Waals surface area contributed by atoms with Gasteiger partial charge in [-0.15, -0.1) is 0 Å². The molecule has 0 amide bonds. The molecule has 0 aliphatic rings. The van der Waals surface area contributed by atoms with Crippen LogP contribution in [0.25, 0.3) is 0 Å². The van der Waals surface area contributed by atoms with Gasteiger partial charge in [0.2, 0.25) is 5.88 Å². The fourth-order valence-corrected chi connectivity index (χ4v) is 1.92. The van der Waals surface area contributed by atoms with E-state index in [-0.39, 0.29) is 17.3 Å². The van der Waals surface area contributed by atoms with Gasteiger partial charge < -0.3 is 10.5 Å². The summed E-state index contributed by atoms with van der Waals surface area (Å²) in [7, 11) is 0. The number of rotatable bonds is 2. The highest BCUT2D eigenvalue weighted by molar-refractivity contribution is 9.10. The maximum atomic E-state index is 13.5. The molecule has 18 heavy (non-hydrogen) atoms. The minimum atomic E-state index is -0.780. The zero-order valence-electron chi connectivity index (χ0n) is 8.75. The standard InChI is InChI=1S/C11H6BrClF2N2O/c12-6-1-5(13)4-17-11(6)18-10-3-7(14)9(16)2-8(10)15/h1-4H,16H2. The van der Waals surface area contributed by atoms with Crippen molar-refractivity contribution in [3.05, 3.63) is 45.5 Å². The lowest BCUT2D eigenvalue weighted by molar-refractivity contribution is 0.420. The molecule has 0 saturated heterocycles. The molecule has 0 unspecified atom stereocenters. The fourth-order valence-electron chi connectivity index (χ4n) is 1.20. The second-order valence-corrected chi connectivity index (χ2v) is 4.64. The molecule has 0 radical (unpaired) electrons. The van der Waals surface area contributed by atoms with Crippen LogP contribution in [0.3, 0.4) is 0 Å². The molecule has 0 fully saturated rings. The van der Waals surface area contributed by atoms with Crippen LogP contribution in [0, 0.1) is 11.6 Å². The maximum absolute atomic E-state index is 13.5. The first kappa shape index (κ1) is 13.0. The summed E-state index contributed by atoms with van der Waals surface area (Å²) in [6.45, 7) is 0. The smallest absolute Gasteiger partial charge is 0.233 e. The van der Waals surface area contributed by atoms with Crippen molar-refractivity contribution in [3.8, 4) is 11.6 Å². The van der Waals surface area contributed by atoms with E-state index in [0.29, 0.717) is 9.50 Å². The number of hydrogen-bond donors (Lipinski definition) is 1. The topological polar surface area (TPSA) is 48.1 Å². The highest BCUT2D eigenvalue weighted by atomic mass is 79.9. The SMILES string of the molecule is Nc1cc(F)c(Oc2ncc(Cl)cc2Br)cc1F. The highest BCUT2D eigenvalue weighted by Crippen LogP contribution is 2.32. The molecule has 0 aliphatic carbocycles. The maximum Gasteiger partial charge on any atom is 0.233 e. The van der Waals surface area contributed by atoms with E-state index >= 15 is 0 Å². The summed E-state index contributed by atoms with van der Waals surface area (Å²) in [5.74, 6) is -1.78. The third-order valence-corrected chi connectivity index (χ3v) is 2.81. The van der Waals surface area contributed by atoms with Gasteiger partial charge in [0.25, 0.3) is 0 Å². The lowest BCUT2D eigenvalue weighted by atomic mass is 10.3. The summed E-state index contributed by atoms with van der Waals surface area (Å²) in [5.41, 5.74) is 4.93. The summed E-state index contributed by atoms with van der Waals surface area (Å²) in [4.78, 5) is 3.84. The first-order chi connectivity index (χ1) is 8.47. The van der Waals surface area contributed by atoms with Crippen molar-refractivity contribution in [3.63, 3.8) is 0 Å². The Labute approximate surface area is 115 Å². The number of benzene rings is 1. The Balaban J connectivity index is 2.37. The number of halogens is 4. The first-order valence-electron chi connectivity index (χ1n) is 4.71. The van der Waals surface area contributed by atoms with Crippen LogP contribution in [0.15, 0.2) is 28.9 Å². The lowest BCUT2D eigenvalue weighted by Gasteiger charge is -2.08. The normalized spacial score (nSPS) is 10.4. The van der Waals surface area contributed by atoms with Crippen molar-refractivity contribution >= 4 is 33.2 Å². The summed E-state index contributed by atoms with van der Waals surface area (Å²) < 4.78 is 32.3. The van der Waals surface area contributed by atoms with Gasteiger partial charge in [-0.05, 0) is 22.0 Å². The van der Waals surface area contributed by atoms with E-state index in [1.165, 1.54) is 12.3 Å². The minimum Gasteiger partial charge on any atom is -0.435 e. The molecule has 2 aromatic rings. The zero-order valence-corrected chi connectivity index (χ0v) is 11.1. The molecule has 1 aromatic carbocycles. The minimum absolute atomic E-state index is 0.0717. The monoisotopic (exact) mass is 334 g/mol. The van der Waals surface area contributed by atoms with Gasteiger partial charge in [-0.25, -0.2) is 13.8 Å². The molecule has 0 spiro atoms. The van der Waals surface area contributed by atoms with Gasteiger partial charge in [0.15, 0.2) is 11.6 Å². The van der Waals surface area contributed by atoms with E-state index in [2.05, 4.69) is 20.9 Å². The average Bonchev–Trinajstić information content (AvgIpc) is 2.29. The Morgan fingerprint density at radius 1 is 1.22 bits per heavy atom. The number of hydrogen-bond acceptors (Lipinski definition) is 3. The fraction of sp³-hybridized carbons (Fsp3) is 0. The number of nitrogen functional groups attached to an aromatic ring is 1. The predicted octanol–water partition coefficient (Wildman–Crippen LogP) is 4.15. The van der Waals surface area contributed by atoms with E-state index in [9.17, 15) is 8.78 Å². The summed E-state index contributed by atoms with van der Waals surface area (Å²) in [5, 5.41) is 0.387. The highest BCUT2D eigenvalue weighted by Gasteiger charge is 2.12. The summed E-state index contributed by atoms with van der Waals surface area (Å²) in [6, 6.07) is 3.22. The van der Waals surface area contributed by atoms with Crippen LogP contribution >= 0.6 is 27.5 Å². The first-order valence-corrected chi connectivity index (χ1v) is 5.88. The largest absolute Gasteiger partial charge is 0.435 e. The second-order valence-electron chi connectivity index (χ2n) is 3.35. The van der Waals surface area contributed by atoms with Crippen LogP contribution in [0.4, 0.5) is 14.5 Å². The van der Waals surface area contributed by atoms with Crippen LogP contribution in [-0.2, 0) is 0 Å². The van der Waals surface area contributed by atoms with Gasteiger partial charge in [0.1, 0.15) is 5.82 Å². The van der Waals surface area contributed by atoms with Crippen LogP contribution in [-0.4, -0.2) is 4.98 Å². The molecular weight excluding hydrogens is 329 g/mol. The number of anilines is 1. The van der Waals surface area contributed by atoms with Crippen molar-refractivity contribution in [2.24, 2.45) is 0 Å². The van der Waals surface area contributed by atoms with Crippen molar-refractivity contribution in [2.45, 2.75) is 0 Å². The molecule has 0 aliphatic heterocycles. The number of nitrogens with zero attached hydrogens (tertiary/aromatic N) is 1. The molecule has 7 heteroatoms. The van der Waals surface area contributed by atoms with Gasteiger partial charge in [0, 0.05) is 18.3 Å². The van der Waals surface area contributed by atoms with Crippen LogP contribution in [0.2, 0.25) is 5.02 Å². The molecule has 2 rings (SSSR count). The average molecular weight is 336 g/mol. The van der Waals surface area contributed by atoms with E-state index in [1.54, 1.807) is 0 Å². The van der Waals surface area contributed by atoms with Gasteiger partial charge in [-0.3, -0.25) is 0 Å². The Kier molecular flexibility index (Phi) is 3.68. The number of aromatic nitrogens is 1. The molecule has 2 N–H and O–H groups in total. The summed E-state index contributed by atoms with van der Waals surface area (Å²) >= 11 is 8.85. The lowest BCUT2D eigenvalue weighted by Crippen LogP contribution is -1.97. The molecule has 1 aromatic heterocycles. The summed E-state index contributed by atoms with van der Waals surface area (Å²) in [6.07, 6.45) is 1.33. The predicted molar refractivity (Wildman–Crippen MR) is 67.8 cm³/mol. The molecule has 0 atom stereocenters. The molecule has 3 nitrogen and oxygen atoms in total. The van der Waals surface area contributed by atoms with Crippen LogP contribution < -0.4 is 10.5 Å². The van der Waals surface area contributed by atoms with Gasteiger partial charge in [-0.1, -0.05) is 11.6 Å². The second kappa shape index (κ2) is 5.07. The Bertz CT molecular complexity index is 610. The quantitative estimate of drug-likeness (QED) is 0.839. The third-order valence-electron chi connectivity index (χ3n) is 2.03. The van der Waals surface area contributed by atoms with Crippen LogP contribution in [0.1, 0.15) is 0 Å². The van der Waals surface area contributed by atoms with Crippen molar-refractivity contribution < 1.29 is 13.5 Å². The Hall–Kier alpha value is -1.40. The van der Waals surface area contributed by atoms with Gasteiger partial charge >= 0.3 is 0 Å². The Morgan fingerprint density at radius 2 is 1.94 bits per heavy atom. The Morgan fingerprint density at radius 3 is 2.61 bits per heavy atom. The van der Waals surface area contributed by atoms with Gasteiger partial charge in [-0.2, -0.15) is 0 Å². The van der Waals surface area contributed by atoms with Crippen LogP contribution in [0.5, 0.6) is 11.6 Å². The van der Waals surface area contributed by atoms with E-state index in [0.717, 1.165) is 12.1 Å².